The van der Waals surface area contributed by atoms with Crippen LogP contribution in [0.1, 0.15) is 13.8 Å². The van der Waals surface area contributed by atoms with E-state index < -0.39 is 0 Å². The molecule has 1 aromatic rings. The summed E-state index contributed by atoms with van der Waals surface area (Å²) in [6, 6.07) is 1.76. The Morgan fingerprint density at radius 2 is 2.33 bits per heavy atom. The number of anilines is 1. The fraction of sp³-hybridized carbons (Fsp3) is 0.222. The molecule has 0 spiro atoms. The number of hydrogen-bond acceptors (Lipinski definition) is 2. The van der Waals surface area contributed by atoms with Gasteiger partial charge in [0.15, 0.2) is 0 Å². The molecule has 3 nitrogen and oxygen atoms in total. The molecule has 2 N–H and O–H groups in total. The summed E-state index contributed by atoms with van der Waals surface area (Å²) in [5.41, 5.74) is 7.61. The van der Waals surface area contributed by atoms with Crippen molar-refractivity contribution in [3.63, 3.8) is 0 Å². The summed E-state index contributed by atoms with van der Waals surface area (Å²) in [7, 11) is 0. The number of hydrogen-bond donors (Lipinski definition) is 1. The van der Waals surface area contributed by atoms with Crippen molar-refractivity contribution in [1.29, 1.82) is 0 Å². The number of rotatable bonds is 2. The van der Waals surface area contributed by atoms with Gasteiger partial charge in [0.1, 0.15) is 5.82 Å². The summed E-state index contributed by atoms with van der Waals surface area (Å²) < 4.78 is 1.68. The van der Waals surface area contributed by atoms with Crippen LogP contribution >= 0.6 is 0 Å². The Hall–Kier alpha value is -1.51. The van der Waals surface area contributed by atoms with E-state index in [0.29, 0.717) is 5.82 Å². The van der Waals surface area contributed by atoms with Crippen LogP contribution in [0.4, 0.5) is 5.82 Å². The third-order valence-electron chi connectivity index (χ3n) is 1.46. The van der Waals surface area contributed by atoms with E-state index in [4.69, 9.17) is 5.73 Å². The summed E-state index contributed by atoms with van der Waals surface area (Å²) in [5.74, 6) is 0.644. The zero-order valence-electron chi connectivity index (χ0n) is 7.41. The molecule has 0 aliphatic heterocycles. The smallest absolute Gasteiger partial charge is 0.126 e. The van der Waals surface area contributed by atoms with Gasteiger partial charge in [0.05, 0.1) is 6.20 Å². The van der Waals surface area contributed by atoms with E-state index in [9.17, 15) is 0 Å². The Balaban J connectivity index is 2.99. The first-order chi connectivity index (χ1) is 5.61. The van der Waals surface area contributed by atoms with Gasteiger partial charge in [-0.1, -0.05) is 12.2 Å². The maximum atomic E-state index is 5.65. The van der Waals surface area contributed by atoms with Crippen LogP contribution in [0.3, 0.4) is 0 Å². The molecule has 0 amide bonds. The van der Waals surface area contributed by atoms with Gasteiger partial charge in [0.2, 0.25) is 0 Å². The molecule has 0 aliphatic carbocycles. The van der Waals surface area contributed by atoms with Crippen LogP contribution in [0, 0.1) is 0 Å². The van der Waals surface area contributed by atoms with E-state index in [2.05, 4.69) is 11.7 Å². The second-order valence-corrected chi connectivity index (χ2v) is 2.80. The fourth-order valence-electron chi connectivity index (χ4n) is 1.03. The fourth-order valence-corrected chi connectivity index (χ4v) is 1.03. The van der Waals surface area contributed by atoms with Crippen LogP contribution in [0.2, 0.25) is 0 Å². The molecule has 1 rings (SSSR count). The second kappa shape index (κ2) is 3.26. The maximum Gasteiger partial charge on any atom is 0.126 e. The van der Waals surface area contributed by atoms with Crippen molar-refractivity contribution < 1.29 is 0 Å². The molecule has 0 aromatic carbocycles. The topological polar surface area (TPSA) is 43.8 Å². The lowest BCUT2D eigenvalue weighted by molar-refractivity contribution is 0.905. The van der Waals surface area contributed by atoms with Crippen LogP contribution in [0.15, 0.2) is 30.5 Å². The van der Waals surface area contributed by atoms with Crippen molar-refractivity contribution in [2.24, 2.45) is 0 Å². The minimum absolute atomic E-state index is 0.644. The summed E-state index contributed by atoms with van der Waals surface area (Å²) >= 11 is 0. The van der Waals surface area contributed by atoms with E-state index in [1.54, 1.807) is 16.9 Å². The summed E-state index contributed by atoms with van der Waals surface area (Å²) in [6.45, 7) is 7.65. The minimum Gasteiger partial charge on any atom is -0.384 e. The highest BCUT2D eigenvalue weighted by atomic mass is 15.3. The van der Waals surface area contributed by atoms with Crippen molar-refractivity contribution in [2.75, 3.05) is 5.73 Å². The number of aromatic nitrogens is 2. The molecule has 0 atom stereocenters. The highest BCUT2D eigenvalue weighted by Gasteiger charge is 1.97. The molecular formula is C9H13N3. The van der Waals surface area contributed by atoms with E-state index in [1.807, 2.05) is 19.9 Å². The molecule has 1 aromatic heterocycles. The van der Waals surface area contributed by atoms with Crippen molar-refractivity contribution in [3.8, 4) is 0 Å². The average Bonchev–Trinajstić information content (AvgIpc) is 2.33. The SMILES string of the molecule is C=C(C)/C=C(/C)n1nccc1N. The predicted octanol–water partition coefficient (Wildman–Crippen LogP) is 1.90. The monoisotopic (exact) mass is 163 g/mol. The number of nitrogens with zero attached hydrogens (tertiary/aromatic N) is 2. The van der Waals surface area contributed by atoms with Crippen molar-refractivity contribution >= 4 is 11.5 Å². The molecule has 0 bridgehead atoms. The van der Waals surface area contributed by atoms with Gasteiger partial charge >= 0.3 is 0 Å². The van der Waals surface area contributed by atoms with E-state index >= 15 is 0 Å². The van der Waals surface area contributed by atoms with Crippen LogP contribution < -0.4 is 5.73 Å². The highest BCUT2D eigenvalue weighted by Crippen LogP contribution is 2.10. The molecule has 64 valence electrons. The molecule has 0 radical (unpaired) electrons. The Kier molecular flexibility index (Phi) is 2.33. The molecule has 0 saturated carbocycles. The molecule has 1 heterocycles. The van der Waals surface area contributed by atoms with Crippen LogP contribution in [-0.2, 0) is 0 Å². The van der Waals surface area contributed by atoms with E-state index in [1.165, 1.54) is 0 Å². The molecule has 3 heteroatoms. The third-order valence-corrected chi connectivity index (χ3v) is 1.46. The maximum absolute atomic E-state index is 5.65. The predicted molar refractivity (Wildman–Crippen MR) is 51.4 cm³/mol. The first kappa shape index (κ1) is 8.59. The lowest BCUT2D eigenvalue weighted by Crippen LogP contribution is -2.01. The van der Waals surface area contributed by atoms with Gasteiger partial charge in [-0.05, 0) is 19.9 Å². The lowest BCUT2D eigenvalue weighted by atomic mass is 10.3. The van der Waals surface area contributed by atoms with Crippen LogP contribution in [0.25, 0.3) is 5.70 Å². The standard InChI is InChI=1S/C9H13N3/c1-7(2)6-8(3)12-9(10)4-5-11-12/h4-6H,1,10H2,2-3H3/b8-6-. The molecule has 0 fully saturated rings. The average molecular weight is 163 g/mol. The highest BCUT2D eigenvalue weighted by molar-refractivity contribution is 5.52. The van der Waals surface area contributed by atoms with Crippen LogP contribution in [0.5, 0.6) is 0 Å². The largest absolute Gasteiger partial charge is 0.384 e. The lowest BCUT2D eigenvalue weighted by Gasteiger charge is -2.02. The van der Waals surface area contributed by atoms with Gasteiger partial charge in [0, 0.05) is 11.8 Å². The first-order valence-electron chi connectivity index (χ1n) is 3.75. The first-order valence-corrected chi connectivity index (χ1v) is 3.75. The quantitative estimate of drug-likeness (QED) is 0.677. The van der Waals surface area contributed by atoms with Gasteiger partial charge < -0.3 is 5.73 Å². The number of allylic oxidation sites excluding steroid dienone is 3. The van der Waals surface area contributed by atoms with Gasteiger partial charge in [-0.3, -0.25) is 0 Å². The third kappa shape index (κ3) is 1.75. The van der Waals surface area contributed by atoms with Gasteiger partial charge in [-0.2, -0.15) is 5.10 Å². The molecule has 12 heavy (non-hydrogen) atoms. The Bertz CT molecular complexity index is 320. The normalized spacial score (nSPS) is 11.7. The van der Waals surface area contributed by atoms with Gasteiger partial charge in [-0.15, -0.1) is 0 Å². The van der Waals surface area contributed by atoms with E-state index in [0.717, 1.165) is 11.3 Å². The summed E-state index contributed by atoms with van der Waals surface area (Å²) in [5, 5.41) is 4.05. The minimum atomic E-state index is 0.644. The Labute approximate surface area is 72.2 Å². The summed E-state index contributed by atoms with van der Waals surface area (Å²) in [4.78, 5) is 0. The zero-order valence-corrected chi connectivity index (χ0v) is 7.41. The number of nitrogen functional groups attached to an aromatic ring is 1. The van der Waals surface area contributed by atoms with Crippen LogP contribution in [-0.4, -0.2) is 9.78 Å². The van der Waals surface area contributed by atoms with Gasteiger partial charge in [0.25, 0.3) is 0 Å². The molecule has 0 saturated heterocycles. The van der Waals surface area contributed by atoms with Crippen molar-refractivity contribution in [2.45, 2.75) is 13.8 Å². The molecular weight excluding hydrogens is 150 g/mol. The molecule has 0 aliphatic rings. The second-order valence-electron chi connectivity index (χ2n) is 2.80. The Morgan fingerprint density at radius 1 is 1.67 bits per heavy atom. The van der Waals surface area contributed by atoms with Gasteiger partial charge in [-0.25, -0.2) is 4.68 Å². The van der Waals surface area contributed by atoms with Crippen molar-refractivity contribution in [3.05, 3.63) is 30.5 Å². The molecule has 0 unspecified atom stereocenters. The zero-order chi connectivity index (χ0) is 9.14. The summed E-state index contributed by atoms with van der Waals surface area (Å²) in [6.07, 6.45) is 3.61. The van der Waals surface area contributed by atoms with Crippen molar-refractivity contribution in [1.82, 2.24) is 9.78 Å². The Morgan fingerprint density at radius 3 is 2.75 bits per heavy atom. The van der Waals surface area contributed by atoms with E-state index in [-0.39, 0.29) is 0 Å². The number of nitrogens with two attached hydrogens (primary N) is 1.